The molecule has 0 aromatic rings. The maximum absolute atomic E-state index is 5.06. The molecule has 13 heavy (non-hydrogen) atoms. The lowest BCUT2D eigenvalue weighted by Gasteiger charge is -2.17. The first-order chi connectivity index (χ1) is 6.39. The van der Waals surface area contributed by atoms with Gasteiger partial charge in [-0.1, -0.05) is 0 Å². The van der Waals surface area contributed by atoms with Crippen molar-refractivity contribution in [3.8, 4) is 0 Å². The molecule has 0 amide bonds. The average Bonchev–Trinajstić information content (AvgIpc) is 2.22. The highest BCUT2D eigenvalue weighted by Gasteiger charge is 2.05. The molecular weight excluding hydrogens is 172 g/mol. The molecule has 4 heteroatoms. The second-order valence-corrected chi connectivity index (χ2v) is 3.08. The van der Waals surface area contributed by atoms with Crippen molar-refractivity contribution < 1.29 is 18.9 Å². The predicted molar refractivity (Wildman–Crippen MR) is 47.4 cm³/mol. The van der Waals surface area contributed by atoms with Crippen molar-refractivity contribution in [2.45, 2.75) is 25.9 Å². The van der Waals surface area contributed by atoms with E-state index in [0.29, 0.717) is 19.7 Å². The third-order valence-corrected chi connectivity index (χ3v) is 1.85. The fourth-order valence-electron chi connectivity index (χ4n) is 0.996. The van der Waals surface area contributed by atoms with E-state index in [1.165, 1.54) is 0 Å². The van der Waals surface area contributed by atoms with Crippen molar-refractivity contribution in [2.75, 3.05) is 33.4 Å². The lowest BCUT2D eigenvalue weighted by Crippen LogP contribution is -2.20. The predicted octanol–water partition coefficient (Wildman–Crippen LogP) is 1.15. The minimum atomic E-state index is 0.411. The number of ether oxygens (including phenoxy) is 4. The van der Waals surface area contributed by atoms with Crippen LogP contribution in [0.3, 0.4) is 0 Å². The van der Waals surface area contributed by atoms with Gasteiger partial charge in [-0.2, -0.15) is 0 Å². The van der Waals surface area contributed by atoms with Crippen molar-refractivity contribution in [1.82, 2.24) is 0 Å². The van der Waals surface area contributed by atoms with Crippen LogP contribution in [0.2, 0.25) is 0 Å². The van der Waals surface area contributed by atoms with Gasteiger partial charge in [0, 0.05) is 0 Å². The zero-order valence-corrected chi connectivity index (χ0v) is 8.16. The summed E-state index contributed by atoms with van der Waals surface area (Å²) in [7, 11) is 0. The first-order valence-corrected chi connectivity index (χ1v) is 4.74. The molecule has 2 aliphatic rings. The largest absolute Gasteiger partial charge is 0.355 e. The molecule has 0 radical (unpaired) electrons. The molecule has 2 rings (SSSR count). The van der Waals surface area contributed by atoms with E-state index in [-0.39, 0.29) is 0 Å². The highest BCUT2D eigenvalue weighted by Crippen LogP contribution is 2.02. The fourth-order valence-corrected chi connectivity index (χ4v) is 0.996. The van der Waals surface area contributed by atoms with E-state index in [1.54, 1.807) is 0 Å². The number of rotatable bonds is 0. The summed E-state index contributed by atoms with van der Waals surface area (Å²) < 4.78 is 19.7. The zero-order valence-electron chi connectivity index (χ0n) is 8.16. The third-order valence-electron chi connectivity index (χ3n) is 1.85. The van der Waals surface area contributed by atoms with E-state index in [2.05, 4.69) is 6.92 Å². The summed E-state index contributed by atoms with van der Waals surface area (Å²) in [6.45, 7) is 5.66. The molecule has 4 nitrogen and oxygen atoms in total. The van der Waals surface area contributed by atoms with Crippen LogP contribution in [-0.4, -0.2) is 39.5 Å². The lowest BCUT2D eigenvalue weighted by atomic mass is 10.3. The monoisotopic (exact) mass is 190 g/mol. The molecule has 0 aliphatic carbocycles. The third kappa shape index (κ3) is 5.99. The van der Waals surface area contributed by atoms with E-state index in [0.717, 1.165) is 32.7 Å². The second kappa shape index (κ2) is 7.26. The van der Waals surface area contributed by atoms with Gasteiger partial charge in [-0.05, 0) is 19.8 Å². The van der Waals surface area contributed by atoms with Gasteiger partial charge >= 0.3 is 0 Å². The standard InChI is InChI=1S/C5H10O2.C4H8O2/c1-5-2-3-6-4-7-5;1-2-5-4-6-3-1/h5H,2-4H2,1H3;1-4H2. The molecule has 2 aliphatic heterocycles. The van der Waals surface area contributed by atoms with Gasteiger partial charge in [0.1, 0.15) is 13.6 Å². The van der Waals surface area contributed by atoms with Crippen LogP contribution in [0.25, 0.3) is 0 Å². The molecule has 0 aromatic heterocycles. The zero-order chi connectivity index (χ0) is 9.36. The Morgan fingerprint density at radius 1 is 0.923 bits per heavy atom. The van der Waals surface area contributed by atoms with E-state index in [1.807, 2.05) is 0 Å². The fraction of sp³-hybridized carbons (Fsp3) is 1.00. The molecule has 0 saturated carbocycles. The summed E-state index contributed by atoms with van der Waals surface area (Å²) in [4.78, 5) is 0. The van der Waals surface area contributed by atoms with Gasteiger partial charge in [-0.15, -0.1) is 0 Å². The van der Waals surface area contributed by atoms with Gasteiger partial charge in [-0.25, -0.2) is 0 Å². The molecular formula is C9H18O4. The van der Waals surface area contributed by atoms with Gasteiger partial charge in [0.2, 0.25) is 0 Å². The van der Waals surface area contributed by atoms with Crippen molar-refractivity contribution in [3.63, 3.8) is 0 Å². The maximum Gasteiger partial charge on any atom is 0.147 e. The molecule has 1 atom stereocenters. The quantitative estimate of drug-likeness (QED) is 0.574. The first kappa shape index (κ1) is 10.9. The Bertz CT molecular complexity index is 96.7. The summed E-state index contributed by atoms with van der Waals surface area (Å²) in [5.74, 6) is 0. The van der Waals surface area contributed by atoms with Crippen LogP contribution >= 0.6 is 0 Å². The normalized spacial score (nSPS) is 28.8. The van der Waals surface area contributed by atoms with E-state index in [4.69, 9.17) is 18.9 Å². The molecule has 0 bridgehead atoms. The summed E-state index contributed by atoms with van der Waals surface area (Å²) in [6, 6.07) is 0. The lowest BCUT2D eigenvalue weighted by molar-refractivity contribution is -0.132. The van der Waals surface area contributed by atoms with E-state index < -0.39 is 0 Å². The molecule has 78 valence electrons. The molecule has 0 spiro atoms. The van der Waals surface area contributed by atoms with Crippen LogP contribution in [-0.2, 0) is 18.9 Å². The smallest absolute Gasteiger partial charge is 0.147 e. The summed E-state index contributed by atoms with van der Waals surface area (Å²) in [6.07, 6.45) is 2.51. The minimum Gasteiger partial charge on any atom is -0.355 e. The van der Waals surface area contributed by atoms with Crippen LogP contribution in [0.5, 0.6) is 0 Å². The molecule has 2 saturated heterocycles. The summed E-state index contributed by atoms with van der Waals surface area (Å²) in [5.41, 5.74) is 0. The van der Waals surface area contributed by atoms with Crippen molar-refractivity contribution in [2.24, 2.45) is 0 Å². The Kier molecular flexibility index (Phi) is 6.10. The SMILES string of the molecule is C1COCOC1.CC1CCOCO1. The van der Waals surface area contributed by atoms with E-state index in [9.17, 15) is 0 Å². The van der Waals surface area contributed by atoms with Gasteiger partial charge in [0.25, 0.3) is 0 Å². The Morgan fingerprint density at radius 2 is 1.62 bits per heavy atom. The van der Waals surface area contributed by atoms with Crippen molar-refractivity contribution in [1.29, 1.82) is 0 Å². The maximum atomic E-state index is 5.06. The number of hydrogen-bond donors (Lipinski definition) is 0. The molecule has 0 N–H and O–H groups in total. The van der Waals surface area contributed by atoms with Crippen LogP contribution in [0, 0.1) is 0 Å². The van der Waals surface area contributed by atoms with Crippen LogP contribution in [0.15, 0.2) is 0 Å². The summed E-state index contributed by atoms with van der Waals surface area (Å²) >= 11 is 0. The first-order valence-electron chi connectivity index (χ1n) is 4.74. The topological polar surface area (TPSA) is 36.9 Å². The Labute approximate surface area is 79.1 Å². The van der Waals surface area contributed by atoms with Crippen LogP contribution in [0.4, 0.5) is 0 Å². The van der Waals surface area contributed by atoms with Gasteiger partial charge < -0.3 is 18.9 Å². The van der Waals surface area contributed by atoms with Gasteiger partial charge in [0.15, 0.2) is 0 Å². The Balaban J connectivity index is 0.000000132. The van der Waals surface area contributed by atoms with Crippen LogP contribution < -0.4 is 0 Å². The van der Waals surface area contributed by atoms with Gasteiger partial charge in [0.05, 0.1) is 25.9 Å². The second-order valence-electron chi connectivity index (χ2n) is 3.08. The van der Waals surface area contributed by atoms with Crippen molar-refractivity contribution in [3.05, 3.63) is 0 Å². The highest BCUT2D eigenvalue weighted by molar-refractivity contribution is 4.49. The highest BCUT2D eigenvalue weighted by atomic mass is 16.7. The van der Waals surface area contributed by atoms with Gasteiger partial charge in [-0.3, -0.25) is 0 Å². The van der Waals surface area contributed by atoms with E-state index >= 15 is 0 Å². The Hall–Kier alpha value is -0.160. The molecule has 2 fully saturated rings. The Morgan fingerprint density at radius 3 is 1.85 bits per heavy atom. The minimum absolute atomic E-state index is 0.411. The molecule has 0 aromatic carbocycles. The van der Waals surface area contributed by atoms with Crippen molar-refractivity contribution >= 4 is 0 Å². The number of hydrogen-bond acceptors (Lipinski definition) is 4. The van der Waals surface area contributed by atoms with Crippen LogP contribution in [0.1, 0.15) is 19.8 Å². The average molecular weight is 190 g/mol. The molecule has 2 heterocycles. The summed E-state index contributed by atoms with van der Waals surface area (Å²) in [5, 5.41) is 0. The molecule has 1 unspecified atom stereocenters.